The second kappa shape index (κ2) is 6.18. The average molecular weight is 288 g/mol. The lowest BCUT2D eigenvalue weighted by Crippen LogP contribution is -2.27. The van der Waals surface area contributed by atoms with Crippen LogP contribution in [0.25, 0.3) is 0 Å². The Hall–Kier alpha value is -1.68. The molecule has 2 heterocycles. The second-order valence-corrected chi connectivity index (χ2v) is 6.26. The smallest absolute Gasteiger partial charge is 0.267 e. The van der Waals surface area contributed by atoms with Gasteiger partial charge in [0.1, 0.15) is 5.49 Å². The number of hydrogen-bond donors (Lipinski definition) is 0. The fourth-order valence-corrected chi connectivity index (χ4v) is 3.12. The van der Waals surface area contributed by atoms with E-state index in [-0.39, 0.29) is 11.9 Å². The maximum absolute atomic E-state index is 12.6. The van der Waals surface area contributed by atoms with Gasteiger partial charge in [-0.2, -0.15) is 0 Å². The molecule has 0 saturated carbocycles. The molecule has 106 valence electrons. The van der Waals surface area contributed by atoms with Crippen molar-refractivity contribution in [2.75, 3.05) is 0 Å². The molecule has 2 rings (SSSR count). The third-order valence-electron chi connectivity index (χ3n) is 3.06. The number of thiophene rings is 1. The molecule has 0 N–H and O–H groups in total. The first-order chi connectivity index (χ1) is 9.52. The fourth-order valence-electron chi connectivity index (χ4n) is 2.07. The van der Waals surface area contributed by atoms with Crippen molar-refractivity contribution >= 4 is 17.2 Å². The maximum Gasteiger partial charge on any atom is 0.273 e. The molecule has 0 aromatic carbocycles. The summed E-state index contributed by atoms with van der Waals surface area (Å²) in [6, 6.07) is 7.80. The first-order valence-electron chi connectivity index (χ1n) is 6.88. The molecule has 0 amide bonds. The molecule has 0 bridgehead atoms. The Balaban J connectivity index is 2.48. The van der Waals surface area contributed by atoms with Crippen molar-refractivity contribution in [3.8, 4) is 0 Å². The number of aryl methyl sites for hydroxylation is 2. The molecule has 0 spiro atoms. The zero-order valence-corrected chi connectivity index (χ0v) is 13.2. The van der Waals surface area contributed by atoms with Gasteiger partial charge < -0.3 is 0 Å². The van der Waals surface area contributed by atoms with Gasteiger partial charge in [0.15, 0.2) is 0 Å². The molecular weight excluding hydrogens is 268 g/mol. The predicted molar refractivity (Wildman–Crippen MR) is 83.3 cm³/mol. The van der Waals surface area contributed by atoms with E-state index in [0.29, 0.717) is 5.49 Å². The minimum atomic E-state index is -0.00204. The fraction of sp³-hybridized carbons (Fsp3) is 0.375. The average Bonchev–Trinajstić information content (AvgIpc) is 2.79. The largest absolute Gasteiger partial charge is 0.273 e. The van der Waals surface area contributed by atoms with Gasteiger partial charge in [-0.25, -0.2) is 0 Å². The third kappa shape index (κ3) is 3.07. The molecule has 0 aliphatic rings. The highest BCUT2D eigenvalue weighted by Crippen LogP contribution is 2.22. The molecule has 0 atom stereocenters. The van der Waals surface area contributed by atoms with E-state index in [2.05, 4.69) is 18.8 Å². The first-order valence-corrected chi connectivity index (χ1v) is 7.70. The number of hydrogen-bond acceptors (Lipinski definition) is 3. The van der Waals surface area contributed by atoms with Crippen LogP contribution in [0, 0.1) is 6.92 Å². The lowest BCUT2D eigenvalue weighted by atomic mass is 10.2. The Labute approximate surface area is 123 Å². The van der Waals surface area contributed by atoms with E-state index in [0.717, 1.165) is 11.3 Å². The van der Waals surface area contributed by atoms with Crippen LogP contribution < -0.4 is 5.49 Å². The molecule has 0 aliphatic carbocycles. The third-order valence-corrected chi connectivity index (χ3v) is 4.14. The molecule has 0 fully saturated rings. The summed E-state index contributed by atoms with van der Waals surface area (Å²) in [5.74, 6) is -0.00204. The summed E-state index contributed by atoms with van der Waals surface area (Å²) in [5.41, 5.74) is 1.95. The molecule has 2 aromatic heterocycles. The number of aromatic nitrogens is 1. The van der Waals surface area contributed by atoms with Crippen molar-refractivity contribution in [2.24, 2.45) is 4.99 Å². The molecule has 0 unspecified atom stereocenters. The lowest BCUT2D eigenvalue weighted by Gasteiger charge is -2.05. The minimum absolute atomic E-state index is 0.00204. The molecular formula is C16H20N2OS. The van der Waals surface area contributed by atoms with Crippen LogP contribution in [0.3, 0.4) is 0 Å². The molecule has 0 saturated heterocycles. The summed E-state index contributed by atoms with van der Waals surface area (Å²) < 4.78 is 1.63. The predicted octanol–water partition coefficient (Wildman–Crippen LogP) is 3.42. The summed E-state index contributed by atoms with van der Waals surface area (Å²) >= 11 is 1.56. The first kappa shape index (κ1) is 14.7. The van der Waals surface area contributed by atoms with Crippen molar-refractivity contribution in [3.05, 3.63) is 51.3 Å². The SMILES string of the molecule is CCc1cc(C(=O)n2ccccc2=NC(C)C)sc1C. The van der Waals surface area contributed by atoms with Crippen molar-refractivity contribution < 1.29 is 4.79 Å². The minimum Gasteiger partial charge on any atom is -0.267 e. The quantitative estimate of drug-likeness (QED) is 0.852. The summed E-state index contributed by atoms with van der Waals surface area (Å²) in [6.45, 7) is 8.19. The zero-order chi connectivity index (χ0) is 14.7. The Morgan fingerprint density at radius 2 is 2.15 bits per heavy atom. The number of carbonyl (C=O) groups excluding carboxylic acids is 1. The van der Waals surface area contributed by atoms with E-state index in [4.69, 9.17) is 0 Å². The molecule has 3 nitrogen and oxygen atoms in total. The Morgan fingerprint density at radius 1 is 1.40 bits per heavy atom. The van der Waals surface area contributed by atoms with E-state index >= 15 is 0 Å². The van der Waals surface area contributed by atoms with Crippen LogP contribution in [-0.2, 0) is 6.42 Å². The number of carbonyl (C=O) groups is 1. The van der Waals surface area contributed by atoms with Crippen LogP contribution in [0.2, 0.25) is 0 Å². The van der Waals surface area contributed by atoms with Gasteiger partial charge in [0.25, 0.3) is 5.91 Å². The van der Waals surface area contributed by atoms with Crippen LogP contribution in [-0.4, -0.2) is 16.5 Å². The molecule has 4 heteroatoms. The van der Waals surface area contributed by atoms with Crippen LogP contribution in [0.5, 0.6) is 0 Å². The van der Waals surface area contributed by atoms with Gasteiger partial charge in [0, 0.05) is 17.1 Å². The summed E-state index contributed by atoms with van der Waals surface area (Å²) in [4.78, 5) is 19.1. The van der Waals surface area contributed by atoms with Gasteiger partial charge in [-0.05, 0) is 51.0 Å². The van der Waals surface area contributed by atoms with Crippen molar-refractivity contribution in [2.45, 2.75) is 40.2 Å². The van der Waals surface area contributed by atoms with E-state index in [1.54, 1.807) is 22.1 Å². The van der Waals surface area contributed by atoms with E-state index in [1.165, 1.54) is 10.4 Å². The topological polar surface area (TPSA) is 34.4 Å². The summed E-state index contributed by atoms with van der Waals surface area (Å²) in [5, 5.41) is 0. The number of nitrogens with zero attached hydrogens (tertiary/aromatic N) is 2. The van der Waals surface area contributed by atoms with Crippen LogP contribution >= 0.6 is 11.3 Å². The van der Waals surface area contributed by atoms with Gasteiger partial charge >= 0.3 is 0 Å². The standard InChI is InChI=1S/C16H20N2OS/c1-5-13-10-14(20-12(13)4)16(19)18-9-7-6-8-15(18)17-11(2)3/h6-11H,5H2,1-4H3. The highest BCUT2D eigenvalue weighted by molar-refractivity contribution is 7.14. The van der Waals surface area contributed by atoms with Gasteiger partial charge in [-0.1, -0.05) is 13.0 Å². The Kier molecular flexibility index (Phi) is 4.55. The molecule has 0 radical (unpaired) electrons. The number of pyridine rings is 1. The van der Waals surface area contributed by atoms with Crippen molar-refractivity contribution in [1.82, 2.24) is 4.57 Å². The highest BCUT2D eigenvalue weighted by Gasteiger charge is 2.13. The van der Waals surface area contributed by atoms with Crippen molar-refractivity contribution in [3.63, 3.8) is 0 Å². The summed E-state index contributed by atoms with van der Waals surface area (Å²) in [7, 11) is 0. The molecule has 20 heavy (non-hydrogen) atoms. The van der Waals surface area contributed by atoms with Gasteiger partial charge in [-0.3, -0.25) is 14.4 Å². The molecule has 0 aliphatic heterocycles. The second-order valence-electron chi connectivity index (χ2n) is 5.00. The Bertz CT molecular complexity index is 680. The summed E-state index contributed by atoms with van der Waals surface area (Å²) in [6.07, 6.45) is 2.74. The number of rotatable bonds is 3. The zero-order valence-electron chi connectivity index (χ0n) is 12.4. The van der Waals surface area contributed by atoms with E-state index in [1.807, 2.05) is 38.1 Å². The van der Waals surface area contributed by atoms with E-state index < -0.39 is 0 Å². The van der Waals surface area contributed by atoms with Crippen LogP contribution in [0.4, 0.5) is 0 Å². The normalized spacial score (nSPS) is 12.2. The lowest BCUT2D eigenvalue weighted by molar-refractivity contribution is 0.0958. The highest BCUT2D eigenvalue weighted by atomic mass is 32.1. The maximum atomic E-state index is 12.6. The van der Waals surface area contributed by atoms with Crippen LogP contribution in [0.1, 0.15) is 40.9 Å². The molecule has 2 aromatic rings. The van der Waals surface area contributed by atoms with Crippen LogP contribution in [0.15, 0.2) is 35.5 Å². The van der Waals surface area contributed by atoms with Gasteiger partial charge in [-0.15, -0.1) is 11.3 Å². The van der Waals surface area contributed by atoms with Gasteiger partial charge in [0.05, 0.1) is 4.88 Å². The van der Waals surface area contributed by atoms with E-state index in [9.17, 15) is 4.79 Å². The van der Waals surface area contributed by atoms with Crippen molar-refractivity contribution in [1.29, 1.82) is 0 Å². The Morgan fingerprint density at radius 3 is 2.75 bits per heavy atom. The van der Waals surface area contributed by atoms with Gasteiger partial charge in [0.2, 0.25) is 0 Å². The monoisotopic (exact) mass is 288 g/mol.